The molecule has 1 aliphatic carbocycles. The van der Waals surface area contributed by atoms with Gasteiger partial charge in [0, 0.05) is 17.0 Å². The Balaban J connectivity index is 1.91. The van der Waals surface area contributed by atoms with Gasteiger partial charge in [0.05, 0.1) is 0 Å². The van der Waals surface area contributed by atoms with Crippen LogP contribution in [-0.4, -0.2) is 5.91 Å². The van der Waals surface area contributed by atoms with Crippen LogP contribution in [0.15, 0.2) is 64.3 Å². The lowest BCUT2D eigenvalue weighted by Gasteiger charge is -2.19. The van der Waals surface area contributed by atoms with Gasteiger partial charge in [0.15, 0.2) is 0 Å². The van der Waals surface area contributed by atoms with Gasteiger partial charge in [0.25, 0.3) is 5.91 Å². The number of benzene rings is 1. The van der Waals surface area contributed by atoms with Gasteiger partial charge in [-0.2, -0.15) is 0 Å². The highest BCUT2D eigenvalue weighted by Gasteiger charge is 2.21. The standard InChI is InChI=1S/C19H17NO3/c1-2-7-13-10-6-11-15-12-16(19(22)23-17(13)15)20-18(21)14-8-4-3-5-9-14/h2-6,8-9,11-13H,1,7,10H2,(H,20,21). The molecule has 1 unspecified atom stereocenters. The van der Waals surface area contributed by atoms with Crippen LogP contribution in [-0.2, 0) is 0 Å². The zero-order valence-electron chi connectivity index (χ0n) is 12.6. The summed E-state index contributed by atoms with van der Waals surface area (Å²) in [6.45, 7) is 3.74. The van der Waals surface area contributed by atoms with Crippen LogP contribution in [0.3, 0.4) is 0 Å². The van der Waals surface area contributed by atoms with Crippen LogP contribution in [0, 0.1) is 0 Å². The summed E-state index contributed by atoms with van der Waals surface area (Å²) in [4.78, 5) is 24.4. The molecule has 0 radical (unpaired) electrons. The van der Waals surface area contributed by atoms with Gasteiger partial charge in [-0.1, -0.05) is 36.4 Å². The van der Waals surface area contributed by atoms with Crippen molar-refractivity contribution in [2.24, 2.45) is 0 Å². The van der Waals surface area contributed by atoms with Gasteiger partial charge >= 0.3 is 5.63 Å². The summed E-state index contributed by atoms with van der Waals surface area (Å²) in [5.41, 5.74) is 0.939. The summed E-state index contributed by atoms with van der Waals surface area (Å²) < 4.78 is 5.46. The molecule has 1 heterocycles. The van der Waals surface area contributed by atoms with Crippen LogP contribution in [0.4, 0.5) is 5.69 Å². The second-order valence-corrected chi connectivity index (χ2v) is 5.45. The van der Waals surface area contributed by atoms with E-state index in [2.05, 4.69) is 11.9 Å². The molecule has 116 valence electrons. The lowest BCUT2D eigenvalue weighted by Crippen LogP contribution is -2.19. The van der Waals surface area contributed by atoms with Gasteiger partial charge in [0.2, 0.25) is 0 Å². The number of nitrogens with one attached hydrogen (secondary N) is 1. The first-order valence-electron chi connectivity index (χ1n) is 7.51. The van der Waals surface area contributed by atoms with E-state index in [9.17, 15) is 9.59 Å². The Morgan fingerprint density at radius 1 is 1.35 bits per heavy atom. The minimum atomic E-state index is -0.530. The van der Waals surface area contributed by atoms with Gasteiger partial charge < -0.3 is 9.73 Å². The Labute approximate surface area is 134 Å². The van der Waals surface area contributed by atoms with Crippen LogP contribution in [0.1, 0.15) is 40.4 Å². The molecule has 0 fully saturated rings. The highest BCUT2D eigenvalue weighted by Crippen LogP contribution is 2.32. The highest BCUT2D eigenvalue weighted by atomic mass is 16.4. The molecule has 0 spiro atoms. The number of allylic oxidation sites excluding steroid dienone is 2. The summed E-state index contributed by atoms with van der Waals surface area (Å²) in [7, 11) is 0. The van der Waals surface area contributed by atoms with E-state index in [0.29, 0.717) is 11.3 Å². The van der Waals surface area contributed by atoms with E-state index in [0.717, 1.165) is 18.4 Å². The van der Waals surface area contributed by atoms with E-state index in [-0.39, 0.29) is 17.5 Å². The van der Waals surface area contributed by atoms with Crippen LogP contribution >= 0.6 is 0 Å². The second kappa shape index (κ2) is 6.48. The molecule has 1 aliphatic rings. The minimum absolute atomic E-state index is 0.124. The van der Waals surface area contributed by atoms with Crippen molar-refractivity contribution in [3.05, 3.63) is 82.4 Å². The average Bonchev–Trinajstić information content (AvgIpc) is 2.57. The normalized spacial score (nSPS) is 15.7. The van der Waals surface area contributed by atoms with E-state index in [4.69, 9.17) is 4.42 Å². The van der Waals surface area contributed by atoms with Gasteiger partial charge in [-0.3, -0.25) is 4.79 Å². The maximum atomic E-state index is 12.2. The smallest absolute Gasteiger partial charge is 0.359 e. The number of amides is 1. The van der Waals surface area contributed by atoms with Gasteiger partial charge in [0.1, 0.15) is 11.4 Å². The van der Waals surface area contributed by atoms with Crippen molar-refractivity contribution >= 4 is 17.7 Å². The Morgan fingerprint density at radius 2 is 2.13 bits per heavy atom. The molecule has 3 rings (SSSR count). The molecule has 1 aromatic carbocycles. The third-order valence-corrected chi connectivity index (χ3v) is 3.83. The molecule has 2 aromatic rings. The first-order chi connectivity index (χ1) is 11.2. The molecule has 0 saturated carbocycles. The molecule has 23 heavy (non-hydrogen) atoms. The predicted octanol–water partition coefficient (Wildman–Crippen LogP) is 3.97. The van der Waals surface area contributed by atoms with E-state index in [1.165, 1.54) is 0 Å². The van der Waals surface area contributed by atoms with Crippen molar-refractivity contribution in [3.8, 4) is 0 Å². The molecular formula is C19H17NO3. The zero-order chi connectivity index (χ0) is 16.2. The van der Waals surface area contributed by atoms with Gasteiger partial charge in [-0.15, -0.1) is 6.58 Å². The number of rotatable bonds is 4. The van der Waals surface area contributed by atoms with Crippen LogP contribution in [0.2, 0.25) is 0 Å². The van der Waals surface area contributed by atoms with E-state index < -0.39 is 5.63 Å². The molecule has 4 nitrogen and oxygen atoms in total. The average molecular weight is 307 g/mol. The first kappa shape index (κ1) is 15.0. The van der Waals surface area contributed by atoms with E-state index in [1.807, 2.05) is 24.3 Å². The number of anilines is 1. The SMILES string of the molecule is C=CCC1CC=Cc2cc(NC(=O)c3ccccc3)c(=O)oc21. The Kier molecular flexibility index (Phi) is 4.24. The van der Waals surface area contributed by atoms with Crippen molar-refractivity contribution < 1.29 is 9.21 Å². The molecule has 1 N–H and O–H groups in total. The maximum Gasteiger partial charge on any atom is 0.359 e. The van der Waals surface area contributed by atoms with Crippen molar-refractivity contribution in [2.45, 2.75) is 18.8 Å². The fourth-order valence-electron chi connectivity index (χ4n) is 2.69. The summed E-state index contributed by atoms with van der Waals surface area (Å²) in [5, 5.41) is 2.62. The minimum Gasteiger partial charge on any atom is -0.425 e. The number of hydrogen-bond acceptors (Lipinski definition) is 3. The lowest BCUT2D eigenvalue weighted by atomic mass is 9.90. The van der Waals surface area contributed by atoms with Crippen molar-refractivity contribution in [1.29, 1.82) is 0 Å². The van der Waals surface area contributed by atoms with Gasteiger partial charge in [-0.25, -0.2) is 4.79 Å². The third kappa shape index (κ3) is 3.16. The lowest BCUT2D eigenvalue weighted by molar-refractivity contribution is 0.102. The monoisotopic (exact) mass is 307 g/mol. The topological polar surface area (TPSA) is 59.3 Å². The summed E-state index contributed by atoms with van der Waals surface area (Å²) >= 11 is 0. The Hall–Kier alpha value is -2.88. The molecule has 1 atom stereocenters. The fraction of sp³-hybridized carbons (Fsp3) is 0.158. The molecule has 0 bridgehead atoms. The quantitative estimate of drug-likeness (QED) is 0.869. The predicted molar refractivity (Wildman–Crippen MR) is 90.6 cm³/mol. The molecule has 1 aromatic heterocycles. The molecule has 0 aliphatic heterocycles. The highest BCUT2D eigenvalue weighted by molar-refractivity contribution is 6.04. The van der Waals surface area contributed by atoms with Crippen LogP contribution < -0.4 is 10.9 Å². The second-order valence-electron chi connectivity index (χ2n) is 5.45. The summed E-state index contributed by atoms with van der Waals surface area (Å²) in [5.74, 6) is 0.453. The number of carbonyl (C=O) groups is 1. The zero-order valence-corrected chi connectivity index (χ0v) is 12.6. The van der Waals surface area contributed by atoms with Crippen LogP contribution in [0.25, 0.3) is 6.08 Å². The summed E-state index contributed by atoms with van der Waals surface area (Å²) in [6.07, 6.45) is 7.34. The molecule has 0 saturated heterocycles. The summed E-state index contributed by atoms with van der Waals surface area (Å²) in [6, 6.07) is 10.4. The van der Waals surface area contributed by atoms with Crippen molar-refractivity contribution in [2.75, 3.05) is 5.32 Å². The maximum absolute atomic E-state index is 12.2. The van der Waals surface area contributed by atoms with E-state index >= 15 is 0 Å². The fourth-order valence-corrected chi connectivity index (χ4v) is 2.69. The van der Waals surface area contributed by atoms with E-state index in [1.54, 1.807) is 30.3 Å². The van der Waals surface area contributed by atoms with Crippen molar-refractivity contribution in [1.82, 2.24) is 0 Å². The third-order valence-electron chi connectivity index (χ3n) is 3.83. The molecule has 1 amide bonds. The van der Waals surface area contributed by atoms with Gasteiger partial charge in [-0.05, 0) is 31.0 Å². The van der Waals surface area contributed by atoms with Crippen LogP contribution in [0.5, 0.6) is 0 Å². The van der Waals surface area contributed by atoms with Crippen molar-refractivity contribution in [3.63, 3.8) is 0 Å². The number of fused-ring (bicyclic) bond motifs is 1. The largest absolute Gasteiger partial charge is 0.425 e. The Bertz CT molecular complexity index is 818. The Morgan fingerprint density at radius 3 is 2.87 bits per heavy atom. The first-order valence-corrected chi connectivity index (χ1v) is 7.51. The molecule has 4 heteroatoms. The number of carbonyl (C=O) groups excluding carboxylic acids is 1. The number of hydrogen-bond donors (Lipinski definition) is 1. The molecular weight excluding hydrogens is 290 g/mol.